The van der Waals surface area contributed by atoms with E-state index in [9.17, 15) is 13.2 Å². The van der Waals surface area contributed by atoms with Gasteiger partial charge in [-0.1, -0.05) is 23.9 Å². The number of benzene rings is 2. The van der Waals surface area contributed by atoms with Gasteiger partial charge in [-0.05, 0) is 48.0 Å². The van der Waals surface area contributed by atoms with Gasteiger partial charge in [0.1, 0.15) is 5.75 Å². The largest absolute Gasteiger partial charge is 0.497 e. The molecule has 0 aliphatic carbocycles. The number of carbonyl (C=O) groups excluding carboxylic acids is 1. The number of sulfonamides is 1. The van der Waals surface area contributed by atoms with Crippen molar-refractivity contribution in [1.82, 2.24) is 5.32 Å². The Morgan fingerprint density at radius 3 is 2.38 bits per heavy atom. The van der Waals surface area contributed by atoms with E-state index in [0.717, 1.165) is 11.3 Å². The molecule has 1 aliphatic heterocycles. The van der Waals surface area contributed by atoms with Crippen molar-refractivity contribution in [3.63, 3.8) is 0 Å². The second kappa shape index (κ2) is 7.40. The molecule has 1 fully saturated rings. The van der Waals surface area contributed by atoms with Gasteiger partial charge >= 0.3 is 0 Å². The van der Waals surface area contributed by atoms with E-state index in [1.54, 1.807) is 25.3 Å². The maximum absolute atomic E-state index is 12.1. The van der Waals surface area contributed by atoms with Crippen molar-refractivity contribution in [1.29, 1.82) is 0 Å². The average molecular weight is 391 g/mol. The van der Waals surface area contributed by atoms with Gasteiger partial charge in [-0.25, -0.2) is 13.6 Å². The van der Waals surface area contributed by atoms with Crippen LogP contribution >= 0.6 is 11.8 Å². The van der Waals surface area contributed by atoms with Crippen LogP contribution in [0.25, 0.3) is 6.08 Å². The summed E-state index contributed by atoms with van der Waals surface area (Å²) in [6, 6.07) is 13.4. The third-order valence-electron chi connectivity index (χ3n) is 3.62. The molecule has 2 aromatic rings. The minimum atomic E-state index is -3.72. The molecular formula is C17H17N3O4S2. The van der Waals surface area contributed by atoms with Crippen LogP contribution in [0.15, 0.2) is 58.3 Å². The first kappa shape index (κ1) is 18.3. The smallest absolute Gasteiger partial charge is 0.260 e. The summed E-state index contributed by atoms with van der Waals surface area (Å²) in [6.07, 6.45) is 1.80. The van der Waals surface area contributed by atoms with E-state index in [1.807, 2.05) is 24.3 Å². The summed E-state index contributed by atoms with van der Waals surface area (Å²) in [5, 5.41) is 11.0. The first-order chi connectivity index (χ1) is 12.3. The molecule has 4 N–H and O–H groups in total. The predicted octanol–water partition coefficient (Wildman–Crippen LogP) is 1.94. The van der Waals surface area contributed by atoms with Crippen molar-refractivity contribution in [3.05, 3.63) is 59.0 Å². The molecule has 9 heteroatoms. The first-order valence-corrected chi connectivity index (χ1v) is 10.0. The van der Waals surface area contributed by atoms with Gasteiger partial charge in [0.05, 0.1) is 16.9 Å². The Balaban J connectivity index is 1.68. The van der Waals surface area contributed by atoms with Gasteiger partial charge in [0.25, 0.3) is 5.91 Å². The van der Waals surface area contributed by atoms with Crippen molar-refractivity contribution in [2.24, 2.45) is 5.14 Å². The lowest BCUT2D eigenvalue weighted by Gasteiger charge is -2.12. The number of carbonyl (C=O) groups is 1. The summed E-state index contributed by atoms with van der Waals surface area (Å²) < 4.78 is 27.7. The Bertz CT molecular complexity index is 939. The number of nitrogens with two attached hydrogens (primary N) is 1. The summed E-state index contributed by atoms with van der Waals surface area (Å²) >= 11 is 1.34. The number of amides is 1. The number of thioether (sulfide) groups is 1. The maximum Gasteiger partial charge on any atom is 0.260 e. The fraction of sp³-hybridized carbons (Fsp3) is 0.118. The quantitative estimate of drug-likeness (QED) is 0.672. The number of ether oxygens (including phenoxy) is 1. The zero-order chi connectivity index (χ0) is 18.7. The highest BCUT2D eigenvalue weighted by molar-refractivity contribution is 8.05. The fourth-order valence-electron chi connectivity index (χ4n) is 2.31. The van der Waals surface area contributed by atoms with E-state index in [0.29, 0.717) is 10.6 Å². The second-order valence-electron chi connectivity index (χ2n) is 5.47. The number of nitrogens with one attached hydrogen (secondary N) is 2. The Morgan fingerprint density at radius 1 is 1.15 bits per heavy atom. The standard InChI is InChI=1S/C17H17N3O4S2/c1-24-13-6-2-11(3-7-13)10-15-16(21)20-17(25-15)19-12-4-8-14(9-5-12)26(18,22)23/h2-10,17,19H,1H3,(H,20,21)(H2,18,22,23). The van der Waals surface area contributed by atoms with Crippen molar-refractivity contribution in [2.75, 3.05) is 12.4 Å². The SMILES string of the molecule is COc1ccc(C=C2SC(Nc3ccc(S(N)(=O)=O)cc3)NC2=O)cc1. The fourth-order valence-corrected chi connectivity index (χ4v) is 3.81. The van der Waals surface area contributed by atoms with E-state index in [1.165, 1.54) is 23.9 Å². The van der Waals surface area contributed by atoms with Crippen LogP contribution in [0.4, 0.5) is 5.69 Å². The highest BCUT2D eigenvalue weighted by Crippen LogP contribution is 2.30. The molecule has 1 saturated heterocycles. The van der Waals surface area contributed by atoms with Crippen LogP contribution < -0.4 is 20.5 Å². The molecule has 1 aliphatic rings. The Kier molecular flexibility index (Phi) is 5.21. The van der Waals surface area contributed by atoms with Crippen molar-refractivity contribution in [3.8, 4) is 5.75 Å². The summed E-state index contributed by atoms with van der Waals surface area (Å²) in [5.41, 5.74) is 1.20. The van der Waals surface area contributed by atoms with Gasteiger partial charge in [0.2, 0.25) is 10.0 Å². The molecule has 26 heavy (non-hydrogen) atoms. The number of rotatable bonds is 5. The highest BCUT2D eigenvalue weighted by Gasteiger charge is 2.27. The van der Waals surface area contributed by atoms with Gasteiger partial charge in [0.15, 0.2) is 5.50 Å². The monoisotopic (exact) mass is 391 g/mol. The molecule has 0 saturated carbocycles. The van der Waals surface area contributed by atoms with E-state index < -0.39 is 10.0 Å². The van der Waals surface area contributed by atoms with Crippen LogP contribution in [0.2, 0.25) is 0 Å². The van der Waals surface area contributed by atoms with Gasteiger partial charge in [-0.2, -0.15) is 0 Å². The summed E-state index contributed by atoms with van der Waals surface area (Å²) in [6.45, 7) is 0. The number of hydrogen-bond acceptors (Lipinski definition) is 6. The van der Waals surface area contributed by atoms with E-state index in [2.05, 4.69) is 10.6 Å². The van der Waals surface area contributed by atoms with Gasteiger partial charge < -0.3 is 15.4 Å². The van der Waals surface area contributed by atoms with Crippen LogP contribution in [0.3, 0.4) is 0 Å². The molecule has 0 aromatic heterocycles. The number of methoxy groups -OCH3 is 1. The van der Waals surface area contributed by atoms with Crippen molar-refractivity contribution >= 4 is 39.5 Å². The molecule has 1 unspecified atom stereocenters. The maximum atomic E-state index is 12.1. The molecule has 1 atom stereocenters. The van der Waals surface area contributed by atoms with Gasteiger partial charge in [-0.15, -0.1) is 0 Å². The van der Waals surface area contributed by atoms with Crippen LogP contribution in [-0.2, 0) is 14.8 Å². The zero-order valence-corrected chi connectivity index (χ0v) is 15.4. The van der Waals surface area contributed by atoms with Crippen molar-refractivity contribution < 1.29 is 17.9 Å². The normalized spacial score (nSPS) is 18.6. The van der Waals surface area contributed by atoms with Crippen molar-refractivity contribution in [2.45, 2.75) is 10.4 Å². The van der Waals surface area contributed by atoms with E-state index >= 15 is 0 Å². The molecule has 0 spiro atoms. The molecule has 1 heterocycles. The number of primary sulfonamides is 1. The lowest BCUT2D eigenvalue weighted by molar-refractivity contribution is -0.116. The lowest BCUT2D eigenvalue weighted by atomic mass is 10.2. The molecule has 7 nitrogen and oxygen atoms in total. The zero-order valence-electron chi connectivity index (χ0n) is 13.8. The molecule has 3 rings (SSSR count). The molecule has 2 aromatic carbocycles. The summed E-state index contributed by atoms with van der Waals surface area (Å²) in [7, 11) is -2.13. The Hall–Kier alpha value is -2.49. The third kappa shape index (κ3) is 4.37. The highest BCUT2D eigenvalue weighted by atomic mass is 32.2. The first-order valence-electron chi connectivity index (χ1n) is 7.58. The van der Waals surface area contributed by atoms with Crippen LogP contribution in [0, 0.1) is 0 Å². The topological polar surface area (TPSA) is 111 Å². The number of anilines is 1. The minimum absolute atomic E-state index is 0.0336. The van der Waals surface area contributed by atoms with E-state index in [4.69, 9.17) is 9.88 Å². The summed E-state index contributed by atoms with van der Waals surface area (Å²) in [4.78, 5) is 12.7. The Morgan fingerprint density at radius 2 is 1.81 bits per heavy atom. The minimum Gasteiger partial charge on any atom is -0.497 e. The third-order valence-corrected chi connectivity index (χ3v) is 5.58. The summed E-state index contributed by atoms with van der Waals surface area (Å²) in [5.74, 6) is 0.572. The molecule has 136 valence electrons. The van der Waals surface area contributed by atoms with Crippen LogP contribution in [0.5, 0.6) is 5.75 Å². The lowest BCUT2D eigenvalue weighted by Crippen LogP contribution is -2.30. The molecular weight excluding hydrogens is 374 g/mol. The molecule has 0 radical (unpaired) electrons. The van der Waals surface area contributed by atoms with Crippen LogP contribution in [0.1, 0.15) is 5.56 Å². The Labute approximate surface area is 155 Å². The van der Waals surface area contributed by atoms with Gasteiger partial charge in [0, 0.05) is 5.69 Å². The predicted molar refractivity (Wildman–Crippen MR) is 102 cm³/mol. The molecule has 1 amide bonds. The van der Waals surface area contributed by atoms with Gasteiger partial charge in [-0.3, -0.25) is 4.79 Å². The number of hydrogen-bond donors (Lipinski definition) is 3. The second-order valence-corrected chi connectivity index (χ2v) is 8.18. The van der Waals surface area contributed by atoms with E-state index in [-0.39, 0.29) is 16.3 Å². The average Bonchev–Trinajstić information content (AvgIpc) is 2.94. The van der Waals surface area contributed by atoms with Crippen LogP contribution in [-0.4, -0.2) is 26.9 Å². The molecule has 0 bridgehead atoms.